The lowest BCUT2D eigenvalue weighted by Gasteiger charge is -2.38. The average Bonchev–Trinajstić information content (AvgIpc) is 2.88. The fourth-order valence-corrected chi connectivity index (χ4v) is 2.90. The minimum Gasteiger partial charge on any atom is -0.394 e. The van der Waals surface area contributed by atoms with Gasteiger partial charge in [0.1, 0.15) is 5.71 Å². The molecule has 0 unspecified atom stereocenters. The Bertz CT molecular complexity index is 402. The molecule has 21 heavy (non-hydrogen) atoms. The maximum absolute atomic E-state index is 11.9. The molecule has 0 saturated carbocycles. The zero-order valence-electron chi connectivity index (χ0n) is 12.5. The predicted octanol–water partition coefficient (Wildman–Crippen LogP) is -0.523. The van der Waals surface area contributed by atoms with E-state index in [4.69, 9.17) is 9.94 Å². The second kappa shape index (κ2) is 7.20. The lowest BCUT2D eigenvalue weighted by Crippen LogP contribution is -2.51. The van der Waals surface area contributed by atoms with Crippen LogP contribution in [0, 0.1) is 0 Å². The summed E-state index contributed by atoms with van der Waals surface area (Å²) in [5, 5.41) is 25.3. The maximum Gasteiger partial charge on any atom is 0.269 e. The molecule has 120 valence electrons. The molecule has 1 saturated heterocycles. The Morgan fingerprint density at radius 1 is 1.62 bits per heavy atom. The van der Waals surface area contributed by atoms with Gasteiger partial charge in [0.15, 0.2) is 5.60 Å². The second-order valence-electron chi connectivity index (χ2n) is 5.92. The summed E-state index contributed by atoms with van der Waals surface area (Å²) < 4.78 is 0. The van der Waals surface area contributed by atoms with Crippen LogP contribution in [0.4, 0.5) is 0 Å². The number of nitrogens with zero attached hydrogens (tertiary/aromatic N) is 2. The topological polar surface area (TPSA) is 94.4 Å². The third-order valence-corrected chi connectivity index (χ3v) is 3.93. The Balaban J connectivity index is 1.88. The van der Waals surface area contributed by atoms with Crippen molar-refractivity contribution in [2.75, 3.05) is 32.8 Å². The lowest BCUT2D eigenvalue weighted by molar-refractivity contribution is -0.114. The van der Waals surface area contributed by atoms with E-state index in [9.17, 15) is 9.90 Å². The van der Waals surface area contributed by atoms with Gasteiger partial charge in [-0.3, -0.25) is 9.69 Å². The predicted molar refractivity (Wildman–Crippen MR) is 77.9 cm³/mol. The van der Waals surface area contributed by atoms with Crippen molar-refractivity contribution in [2.24, 2.45) is 5.16 Å². The van der Waals surface area contributed by atoms with Gasteiger partial charge >= 0.3 is 0 Å². The molecule has 7 nitrogen and oxygen atoms in total. The molecule has 0 bridgehead atoms. The third kappa shape index (κ3) is 4.15. The summed E-state index contributed by atoms with van der Waals surface area (Å²) >= 11 is 0. The first-order valence-electron chi connectivity index (χ1n) is 7.63. The molecular weight excluding hydrogens is 274 g/mol. The van der Waals surface area contributed by atoms with Gasteiger partial charge in [0.05, 0.1) is 12.7 Å². The molecule has 2 aliphatic rings. The third-order valence-electron chi connectivity index (χ3n) is 3.93. The fraction of sp³-hybridized carbons (Fsp3) is 0.857. The highest BCUT2D eigenvalue weighted by Gasteiger charge is 2.44. The second-order valence-corrected chi connectivity index (χ2v) is 5.92. The van der Waals surface area contributed by atoms with Crippen LogP contribution < -0.4 is 5.32 Å². The van der Waals surface area contributed by atoms with Gasteiger partial charge < -0.3 is 20.4 Å². The number of amides is 1. The Labute approximate surface area is 124 Å². The molecule has 0 radical (unpaired) electrons. The van der Waals surface area contributed by atoms with Crippen LogP contribution in [0.25, 0.3) is 0 Å². The van der Waals surface area contributed by atoms with Crippen molar-refractivity contribution in [1.29, 1.82) is 0 Å². The zero-order valence-corrected chi connectivity index (χ0v) is 12.5. The number of hydrogen-bond acceptors (Lipinski definition) is 6. The van der Waals surface area contributed by atoms with Gasteiger partial charge in [0, 0.05) is 26.1 Å². The Morgan fingerprint density at radius 3 is 3.14 bits per heavy atom. The fourth-order valence-electron chi connectivity index (χ4n) is 2.90. The van der Waals surface area contributed by atoms with Crippen molar-refractivity contribution in [3.8, 4) is 0 Å². The monoisotopic (exact) mass is 299 g/mol. The van der Waals surface area contributed by atoms with E-state index in [1.54, 1.807) is 0 Å². The van der Waals surface area contributed by atoms with Crippen molar-refractivity contribution in [3.05, 3.63) is 0 Å². The molecule has 3 N–H and O–H groups in total. The Hall–Kier alpha value is -1.18. The zero-order chi connectivity index (χ0) is 15.3. The van der Waals surface area contributed by atoms with E-state index < -0.39 is 11.7 Å². The van der Waals surface area contributed by atoms with E-state index in [0.717, 1.165) is 25.8 Å². The van der Waals surface area contributed by atoms with E-state index in [1.807, 2.05) is 6.92 Å². The summed E-state index contributed by atoms with van der Waals surface area (Å²) in [6.07, 6.45) is 2.44. The highest BCUT2D eigenvalue weighted by Crippen LogP contribution is 2.33. The molecule has 0 aromatic heterocycles. The van der Waals surface area contributed by atoms with Gasteiger partial charge in [-0.25, -0.2) is 0 Å². The molecule has 2 aliphatic heterocycles. The SMILES string of the molecule is CCCNC(=O)C1=NO[C@]2(CCCN(C[C@@H](O)CO)C2)C1. The van der Waals surface area contributed by atoms with E-state index in [-0.39, 0.29) is 12.5 Å². The number of nitrogens with one attached hydrogen (secondary N) is 1. The number of rotatable bonds is 6. The number of aliphatic hydroxyl groups excluding tert-OH is 2. The lowest BCUT2D eigenvalue weighted by atomic mass is 9.88. The van der Waals surface area contributed by atoms with E-state index in [0.29, 0.717) is 31.8 Å². The molecule has 0 aromatic carbocycles. The number of carbonyl (C=O) groups excluding carboxylic acids is 1. The first-order chi connectivity index (χ1) is 10.1. The van der Waals surface area contributed by atoms with Crippen molar-refractivity contribution >= 4 is 11.6 Å². The van der Waals surface area contributed by atoms with E-state index in [2.05, 4.69) is 15.4 Å². The minimum absolute atomic E-state index is 0.152. The summed E-state index contributed by atoms with van der Waals surface area (Å²) in [5.41, 5.74) is -0.000212. The van der Waals surface area contributed by atoms with Crippen LogP contribution in [0.15, 0.2) is 5.16 Å². The molecule has 7 heteroatoms. The van der Waals surface area contributed by atoms with Crippen LogP contribution >= 0.6 is 0 Å². The van der Waals surface area contributed by atoms with Crippen LogP contribution in [0.5, 0.6) is 0 Å². The molecule has 2 heterocycles. The molecule has 1 fully saturated rings. The van der Waals surface area contributed by atoms with Crippen LogP contribution in [-0.2, 0) is 9.63 Å². The number of hydrogen-bond donors (Lipinski definition) is 3. The summed E-state index contributed by atoms with van der Waals surface area (Å²) in [5.74, 6) is -0.152. The standard InChI is InChI=1S/C14H25N3O4/c1-2-5-15-13(20)12-7-14(21-16-12)4-3-6-17(10-14)8-11(19)9-18/h11,18-19H,2-10H2,1H3,(H,15,20)/t11-,14-/m1/s1. The van der Waals surface area contributed by atoms with Gasteiger partial charge in [0.25, 0.3) is 5.91 Å². The van der Waals surface area contributed by atoms with Crippen molar-refractivity contribution in [1.82, 2.24) is 10.2 Å². The molecule has 2 atom stereocenters. The molecule has 0 aliphatic carbocycles. The van der Waals surface area contributed by atoms with Gasteiger partial charge in [-0.05, 0) is 25.8 Å². The van der Waals surface area contributed by atoms with Crippen LogP contribution in [-0.4, -0.2) is 71.2 Å². The normalized spacial score (nSPS) is 27.3. The number of likely N-dealkylation sites (tertiary alicyclic amines) is 1. The Kier molecular flexibility index (Phi) is 5.55. The maximum atomic E-state index is 11.9. The van der Waals surface area contributed by atoms with E-state index in [1.165, 1.54) is 0 Å². The smallest absolute Gasteiger partial charge is 0.269 e. The summed E-state index contributed by atoms with van der Waals surface area (Å²) in [7, 11) is 0. The van der Waals surface area contributed by atoms with Gasteiger partial charge in [0.2, 0.25) is 0 Å². The quantitative estimate of drug-likeness (QED) is 0.613. The summed E-state index contributed by atoms with van der Waals surface area (Å²) in [6.45, 7) is 4.29. The first-order valence-corrected chi connectivity index (χ1v) is 7.63. The minimum atomic E-state index is -0.741. The summed E-state index contributed by atoms with van der Waals surface area (Å²) in [6, 6.07) is 0. The van der Waals surface area contributed by atoms with E-state index >= 15 is 0 Å². The number of aliphatic hydroxyl groups is 2. The molecule has 2 rings (SSSR count). The highest BCUT2D eigenvalue weighted by molar-refractivity contribution is 6.39. The largest absolute Gasteiger partial charge is 0.394 e. The molecule has 1 spiro atoms. The Morgan fingerprint density at radius 2 is 2.43 bits per heavy atom. The highest BCUT2D eigenvalue weighted by atomic mass is 16.7. The van der Waals surface area contributed by atoms with Crippen molar-refractivity contribution < 1.29 is 19.8 Å². The molecular formula is C14H25N3O4. The number of β-amino-alcohol motifs (C(OH)–C–C–N with tert-alkyl or cyclic N) is 1. The van der Waals surface area contributed by atoms with Crippen LogP contribution in [0.3, 0.4) is 0 Å². The van der Waals surface area contributed by atoms with Crippen molar-refractivity contribution in [2.45, 2.75) is 44.3 Å². The molecule has 1 amide bonds. The summed E-state index contributed by atoms with van der Waals surface area (Å²) in [4.78, 5) is 19.6. The average molecular weight is 299 g/mol. The number of oxime groups is 1. The van der Waals surface area contributed by atoms with Gasteiger partial charge in [-0.1, -0.05) is 12.1 Å². The van der Waals surface area contributed by atoms with Gasteiger partial charge in [-0.2, -0.15) is 0 Å². The molecule has 0 aromatic rings. The van der Waals surface area contributed by atoms with Gasteiger partial charge in [-0.15, -0.1) is 0 Å². The first kappa shape index (κ1) is 16.2. The van der Waals surface area contributed by atoms with Crippen LogP contribution in [0.1, 0.15) is 32.6 Å². The van der Waals surface area contributed by atoms with Crippen molar-refractivity contribution in [3.63, 3.8) is 0 Å². The number of carbonyl (C=O) groups is 1. The number of piperidine rings is 1. The van der Waals surface area contributed by atoms with Crippen LogP contribution in [0.2, 0.25) is 0 Å².